The molecule has 0 aliphatic heterocycles. The van der Waals surface area contributed by atoms with Crippen molar-refractivity contribution in [3.05, 3.63) is 48.5 Å². The van der Waals surface area contributed by atoms with Crippen molar-refractivity contribution in [2.24, 2.45) is 0 Å². The Morgan fingerprint density at radius 2 is 1.46 bits per heavy atom. The molecule has 5 nitrogen and oxygen atoms in total. The van der Waals surface area contributed by atoms with Crippen LogP contribution < -0.4 is 10.0 Å². The number of hydrogen-bond donors (Lipinski definition) is 2. The van der Waals surface area contributed by atoms with Gasteiger partial charge in [-0.3, -0.25) is 4.79 Å². The van der Waals surface area contributed by atoms with Crippen molar-refractivity contribution >= 4 is 21.6 Å². The minimum Gasteiger partial charge on any atom is -0.326 e. The van der Waals surface area contributed by atoms with Crippen LogP contribution in [0.5, 0.6) is 0 Å². The van der Waals surface area contributed by atoms with Gasteiger partial charge in [0.2, 0.25) is 15.9 Å². The summed E-state index contributed by atoms with van der Waals surface area (Å²) in [7, 11) is -3.47. The smallest absolute Gasteiger partial charge is 0.241 e. The Labute approximate surface area is 142 Å². The third-order valence-electron chi connectivity index (χ3n) is 4.08. The van der Waals surface area contributed by atoms with Crippen LogP contribution in [0, 0.1) is 0 Å². The molecule has 24 heavy (non-hydrogen) atoms. The highest BCUT2D eigenvalue weighted by molar-refractivity contribution is 7.89. The van der Waals surface area contributed by atoms with Crippen molar-refractivity contribution in [2.75, 3.05) is 5.32 Å². The van der Waals surface area contributed by atoms with E-state index in [2.05, 4.69) is 10.0 Å². The van der Waals surface area contributed by atoms with Gasteiger partial charge in [0.05, 0.1) is 4.90 Å². The summed E-state index contributed by atoms with van der Waals surface area (Å²) in [5.74, 6) is -0.117. The molecule has 1 aliphatic rings. The first-order valence-electron chi connectivity index (χ1n) is 7.80. The van der Waals surface area contributed by atoms with Crippen molar-refractivity contribution in [2.45, 2.75) is 37.1 Å². The largest absolute Gasteiger partial charge is 0.326 e. The first-order chi connectivity index (χ1) is 11.3. The van der Waals surface area contributed by atoms with Gasteiger partial charge in [0, 0.05) is 18.2 Å². The second-order valence-corrected chi connectivity index (χ2v) is 8.13. The minimum atomic E-state index is -3.47. The summed E-state index contributed by atoms with van der Waals surface area (Å²) in [5, 5.41) is 2.71. The molecule has 2 aromatic carbocycles. The average Bonchev–Trinajstić information content (AvgIpc) is 3.24. The molecule has 3 rings (SSSR count). The zero-order chi connectivity index (χ0) is 17.4. The maximum atomic E-state index is 12.3. The third kappa shape index (κ3) is 3.83. The number of nitrogens with one attached hydrogen (secondary N) is 2. The van der Waals surface area contributed by atoms with Crippen LogP contribution in [-0.4, -0.2) is 19.9 Å². The lowest BCUT2D eigenvalue weighted by Crippen LogP contribution is -2.34. The fourth-order valence-corrected chi connectivity index (χ4v) is 3.91. The Morgan fingerprint density at radius 3 is 1.92 bits per heavy atom. The lowest BCUT2D eigenvalue weighted by Gasteiger charge is -2.12. The van der Waals surface area contributed by atoms with E-state index in [1.54, 1.807) is 24.3 Å². The highest BCUT2D eigenvalue weighted by atomic mass is 32.2. The van der Waals surface area contributed by atoms with Gasteiger partial charge in [-0.25, -0.2) is 13.1 Å². The molecule has 126 valence electrons. The maximum absolute atomic E-state index is 12.3. The standard InChI is InChI=1S/C18H20N2O3S/c1-13(21)19-16-7-3-14(4-8-16)15-5-9-17(10-6-15)24(22,23)20-18(2)11-12-18/h3-10,20H,11-12H2,1-2H3,(H,19,21). The number of carbonyl (C=O) groups is 1. The topological polar surface area (TPSA) is 75.3 Å². The number of anilines is 1. The maximum Gasteiger partial charge on any atom is 0.241 e. The van der Waals surface area contributed by atoms with Crippen LogP contribution in [-0.2, 0) is 14.8 Å². The van der Waals surface area contributed by atoms with Crippen LogP contribution in [0.3, 0.4) is 0 Å². The van der Waals surface area contributed by atoms with Crippen LogP contribution >= 0.6 is 0 Å². The van der Waals surface area contributed by atoms with Gasteiger partial charge in [-0.05, 0) is 55.2 Å². The van der Waals surface area contributed by atoms with E-state index in [4.69, 9.17) is 0 Å². The minimum absolute atomic E-state index is 0.117. The van der Waals surface area contributed by atoms with Crippen LogP contribution in [0.4, 0.5) is 5.69 Å². The van der Waals surface area contributed by atoms with Crippen molar-refractivity contribution in [1.29, 1.82) is 0 Å². The molecular formula is C18H20N2O3S. The van der Waals surface area contributed by atoms with Gasteiger partial charge in [0.1, 0.15) is 0 Å². The van der Waals surface area contributed by atoms with Gasteiger partial charge >= 0.3 is 0 Å². The molecule has 6 heteroatoms. The summed E-state index contributed by atoms with van der Waals surface area (Å²) in [6.45, 7) is 3.37. The fourth-order valence-electron chi connectivity index (χ4n) is 2.45. The van der Waals surface area contributed by atoms with E-state index < -0.39 is 10.0 Å². The van der Waals surface area contributed by atoms with Crippen LogP contribution in [0.15, 0.2) is 53.4 Å². The van der Waals surface area contributed by atoms with E-state index in [1.807, 2.05) is 31.2 Å². The molecule has 1 aliphatic carbocycles. The summed E-state index contributed by atoms with van der Waals surface area (Å²) in [6.07, 6.45) is 1.76. The number of carbonyl (C=O) groups excluding carboxylic acids is 1. The molecular weight excluding hydrogens is 324 g/mol. The summed E-state index contributed by atoms with van der Waals surface area (Å²) in [4.78, 5) is 11.3. The van der Waals surface area contributed by atoms with Crippen LogP contribution in [0.1, 0.15) is 26.7 Å². The predicted molar refractivity (Wildman–Crippen MR) is 94.1 cm³/mol. The SMILES string of the molecule is CC(=O)Nc1ccc(-c2ccc(S(=O)(=O)NC3(C)CC3)cc2)cc1. The fraction of sp³-hybridized carbons (Fsp3) is 0.278. The highest BCUT2D eigenvalue weighted by Gasteiger charge is 2.41. The lowest BCUT2D eigenvalue weighted by atomic mass is 10.1. The van der Waals surface area contributed by atoms with Crippen molar-refractivity contribution in [1.82, 2.24) is 4.72 Å². The number of benzene rings is 2. The Balaban J connectivity index is 1.78. The first kappa shape index (κ1) is 16.7. The van der Waals surface area contributed by atoms with Gasteiger partial charge in [0.15, 0.2) is 0 Å². The normalized spacial score (nSPS) is 15.8. The molecule has 1 saturated carbocycles. The number of amides is 1. The molecule has 0 bridgehead atoms. The molecule has 0 radical (unpaired) electrons. The van der Waals surface area contributed by atoms with E-state index in [0.29, 0.717) is 0 Å². The van der Waals surface area contributed by atoms with E-state index in [9.17, 15) is 13.2 Å². The second-order valence-electron chi connectivity index (χ2n) is 6.45. The molecule has 0 spiro atoms. The van der Waals surface area contributed by atoms with Gasteiger partial charge in [-0.15, -0.1) is 0 Å². The van der Waals surface area contributed by atoms with Gasteiger partial charge < -0.3 is 5.32 Å². The summed E-state index contributed by atoms with van der Waals surface area (Å²) < 4.78 is 27.4. The van der Waals surface area contributed by atoms with Crippen LogP contribution in [0.2, 0.25) is 0 Å². The van der Waals surface area contributed by atoms with Crippen LogP contribution in [0.25, 0.3) is 11.1 Å². The van der Waals surface area contributed by atoms with Gasteiger partial charge in [0.25, 0.3) is 0 Å². The molecule has 0 atom stereocenters. The van der Waals surface area contributed by atoms with E-state index in [1.165, 1.54) is 6.92 Å². The molecule has 2 N–H and O–H groups in total. The molecule has 0 saturated heterocycles. The summed E-state index contributed by atoms with van der Waals surface area (Å²) in [5.41, 5.74) is 2.32. The van der Waals surface area contributed by atoms with Crippen molar-refractivity contribution < 1.29 is 13.2 Å². The Bertz CT molecular complexity index is 852. The van der Waals surface area contributed by atoms with Gasteiger partial charge in [-0.1, -0.05) is 24.3 Å². The Hall–Kier alpha value is -2.18. The van der Waals surface area contributed by atoms with E-state index >= 15 is 0 Å². The number of hydrogen-bond acceptors (Lipinski definition) is 3. The molecule has 2 aromatic rings. The molecule has 1 fully saturated rings. The third-order valence-corrected chi connectivity index (χ3v) is 5.74. The highest BCUT2D eigenvalue weighted by Crippen LogP contribution is 2.36. The molecule has 0 aromatic heterocycles. The van der Waals surface area contributed by atoms with Gasteiger partial charge in [-0.2, -0.15) is 0 Å². The Morgan fingerprint density at radius 1 is 0.958 bits per heavy atom. The number of rotatable bonds is 5. The molecule has 0 unspecified atom stereocenters. The predicted octanol–water partition coefficient (Wildman–Crippen LogP) is 3.14. The average molecular weight is 344 g/mol. The van der Waals surface area contributed by atoms with Crippen molar-refractivity contribution in [3.8, 4) is 11.1 Å². The first-order valence-corrected chi connectivity index (χ1v) is 9.28. The lowest BCUT2D eigenvalue weighted by molar-refractivity contribution is -0.114. The summed E-state index contributed by atoms with van der Waals surface area (Å²) >= 11 is 0. The monoisotopic (exact) mass is 344 g/mol. The Kier molecular flexibility index (Phi) is 4.19. The van der Waals surface area contributed by atoms with E-state index in [-0.39, 0.29) is 16.3 Å². The zero-order valence-electron chi connectivity index (χ0n) is 13.7. The van der Waals surface area contributed by atoms with Crippen molar-refractivity contribution in [3.63, 3.8) is 0 Å². The number of sulfonamides is 1. The molecule has 1 amide bonds. The quantitative estimate of drug-likeness (QED) is 0.875. The molecule has 0 heterocycles. The second kappa shape index (κ2) is 6.03. The summed E-state index contributed by atoms with van der Waals surface area (Å²) in [6, 6.07) is 14.2. The van der Waals surface area contributed by atoms with E-state index in [0.717, 1.165) is 29.7 Å². The zero-order valence-corrected chi connectivity index (χ0v) is 14.5.